The smallest absolute Gasteiger partial charge is 0.224 e. The maximum atomic E-state index is 12.6. The van der Waals surface area contributed by atoms with Crippen molar-refractivity contribution in [3.8, 4) is 11.3 Å². The molecule has 2 aromatic carbocycles. The number of nitrogens with one attached hydrogen (secondary N) is 2. The molecule has 0 saturated carbocycles. The SMILES string of the molecule is CC(C)(C)c1ccc(-c2cc(CC3CNCCC3CC(=O)Nc3ccccc3)no2)cc1. The second-order valence-electron chi connectivity index (χ2n) is 9.85. The van der Waals surface area contributed by atoms with Crippen molar-refractivity contribution in [1.29, 1.82) is 0 Å². The summed E-state index contributed by atoms with van der Waals surface area (Å²) in [4.78, 5) is 12.6. The highest BCUT2D eigenvalue weighted by Gasteiger charge is 2.28. The van der Waals surface area contributed by atoms with Crippen LogP contribution in [0.25, 0.3) is 11.3 Å². The molecule has 1 aliphatic heterocycles. The molecule has 1 aliphatic rings. The van der Waals surface area contributed by atoms with Gasteiger partial charge in [-0.1, -0.05) is 68.4 Å². The van der Waals surface area contributed by atoms with Gasteiger partial charge >= 0.3 is 0 Å². The zero-order chi connectivity index (χ0) is 22.6. The molecule has 0 aliphatic carbocycles. The highest BCUT2D eigenvalue weighted by molar-refractivity contribution is 5.90. The molecule has 5 nitrogen and oxygen atoms in total. The van der Waals surface area contributed by atoms with Gasteiger partial charge < -0.3 is 15.2 Å². The zero-order valence-corrected chi connectivity index (χ0v) is 19.2. The van der Waals surface area contributed by atoms with Gasteiger partial charge in [0.15, 0.2) is 5.76 Å². The molecule has 1 amide bonds. The fraction of sp³-hybridized carbons (Fsp3) is 0.407. The Morgan fingerprint density at radius 1 is 1.09 bits per heavy atom. The number of carbonyl (C=O) groups excluding carboxylic acids is 1. The second-order valence-corrected chi connectivity index (χ2v) is 9.85. The topological polar surface area (TPSA) is 67.2 Å². The van der Waals surface area contributed by atoms with E-state index in [-0.39, 0.29) is 11.3 Å². The molecule has 5 heteroatoms. The number of piperidine rings is 1. The van der Waals surface area contributed by atoms with Crippen LogP contribution in [0.15, 0.2) is 65.2 Å². The van der Waals surface area contributed by atoms with Crippen LogP contribution in [0.4, 0.5) is 5.69 Å². The maximum Gasteiger partial charge on any atom is 0.224 e. The van der Waals surface area contributed by atoms with Crippen LogP contribution in [-0.4, -0.2) is 24.2 Å². The summed E-state index contributed by atoms with van der Waals surface area (Å²) in [6.07, 6.45) is 2.33. The molecule has 3 aromatic rings. The minimum Gasteiger partial charge on any atom is -0.356 e. The lowest BCUT2D eigenvalue weighted by atomic mass is 9.81. The Hall–Kier alpha value is -2.92. The standard InChI is InChI=1S/C27H33N3O2/c1-27(2,3)22-11-9-19(10-12-22)25-17-24(30-32-25)15-21-18-28-14-13-20(21)16-26(31)29-23-7-5-4-6-8-23/h4-12,17,20-21,28H,13-16,18H2,1-3H3,(H,29,31). The van der Waals surface area contributed by atoms with Crippen molar-refractivity contribution in [2.45, 2.75) is 45.4 Å². The van der Waals surface area contributed by atoms with Gasteiger partial charge in [0.1, 0.15) is 0 Å². The number of benzene rings is 2. The van der Waals surface area contributed by atoms with Gasteiger partial charge in [-0.05, 0) is 60.9 Å². The van der Waals surface area contributed by atoms with Crippen molar-refractivity contribution >= 4 is 11.6 Å². The van der Waals surface area contributed by atoms with Gasteiger partial charge in [-0.15, -0.1) is 0 Å². The molecule has 2 N–H and O–H groups in total. The number of carbonyl (C=O) groups is 1. The predicted molar refractivity (Wildman–Crippen MR) is 128 cm³/mol. The van der Waals surface area contributed by atoms with Gasteiger partial charge in [-0.3, -0.25) is 4.79 Å². The van der Waals surface area contributed by atoms with Crippen LogP contribution in [0.2, 0.25) is 0 Å². The normalized spacial score (nSPS) is 19.0. The summed E-state index contributed by atoms with van der Waals surface area (Å²) in [5, 5.41) is 10.8. The highest BCUT2D eigenvalue weighted by Crippen LogP contribution is 2.30. The Bertz CT molecular complexity index is 1020. The minimum atomic E-state index is 0.0767. The van der Waals surface area contributed by atoms with Crippen molar-refractivity contribution in [3.63, 3.8) is 0 Å². The van der Waals surface area contributed by atoms with Crippen LogP contribution in [0.1, 0.15) is 44.9 Å². The molecule has 2 heterocycles. The number of amides is 1. The van der Waals surface area contributed by atoms with Gasteiger partial charge in [0.05, 0.1) is 5.69 Å². The summed E-state index contributed by atoms with van der Waals surface area (Å²) in [6.45, 7) is 8.48. The fourth-order valence-electron chi connectivity index (χ4n) is 4.40. The Morgan fingerprint density at radius 3 is 2.56 bits per heavy atom. The predicted octanol–water partition coefficient (Wildman–Crippen LogP) is 5.44. The Labute approximate surface area is 190 Å². The van der Waals surface area contributed by atoms with Crippen LogP contribution in [0, 0.1) is 11.8 Å². The van der Waals surface area contributed by atoms with Gasteiger partial charge in [0, 0.05) is 23.7 Å². The number of rotatable bonds is 6. The molecule has 1 fully saturated rings. The molecule has 2 atom stereocenters. The second kappa shape index (κ2) is 9.70. The lowest BCUT2D eigenvalue weighted by Crippen LogP contribution is -2.39. The first-order valence-corrected chi connectivity index (χ1v) is 11.5. The summed E-state index contributed by atoms with van der Waals surface area (Å²) in [7, 11) is 0. The first kappa shape index (κ1) is 22.3. The third-order valence-corrected chi connectivity index (χ3v) is 6.34. The summed E-state index contributed by atoms with van der Waals surface area (Å²) in [5.74, 6) is 1.55. The maximum absolute atomic E-state index is 12.6. The fourth-order valence-corrected chi connectivity index (χ4v) is 4.40. The molecule has 32 heavy (non-hydrogen) atoms. The van der Waals surface area contributed by atoms with E-state index in [1.54, 1.807) is 0 Å². The van der Waals surface area contributed by atoms with Crippen LogP contribution in [0.5, 0.6) is 0 Å². The highest BCUT2D eigenvalue weighted by atomic mass is 16.5. The van der Waals surface area contributed by atoms with E-state index in [1.807, 2.05) is 36.4 Å². The minimum absolute atomic E-state index is 0.0767. The number of nitrogens with zero attached hydrogens (tertiary/aromatic N) is 1. The molecule has 1 aromatic heterocycles. The van der Waals surface area contributed by atoms with Crippen LogP contribution in [0.3, 0.4) is 0 Å². The first-order chi connectivity index (χ1) is 15.4. The average molecular weight is 432 g/mol. The van der Waals surface area contributed by atoms with Crippen molar-refractivity contribution < 1.29 is 9.32 Å². The lowest BCUT2D eigenvalue weighted by Gasteiger charge is -2.31. The van der Waals surface area contributed by atoms with Gasteiger partial charge in [-0.2, -0.15) is 0 Å². The number of hydrogen-bond acceptors (Lipinski definition) is 4. The van der Waals surface area contributed by atoms with E-state index in [4.69, 9.17) is 4.52 Å². The lowest BCUT2D eigenvalue weighted by molar-refractivity contribution is -0.117. The molecule has 1 saturated heterocycles. The third kappa shape index (κ3) is 5.65. The van der Waals surface area contributed by atoms with E-state index in [9.17, 15) is 4.79 Å². The van der Waals surface area contributed by atoms with Gasteiger partial charge in [0.25, 0.3) is 0 Å². The van der Waals surface area contributed by atoms with Crippen LogP contribution in [-0.2, 0) is 16.6 Å². The summed E-state index contributed by atoms with van der Waals surface area (Å²) >= 11 is 0. The van der Waals surface area contributed by atoms with Crippen molar-refractivity contribution in [2.24, 2.45) is 11.8 Å². The van der Waals surface area contributed by atoms with E-state index >= 15 is 0 Å². The quantitative estimate of drug-likeness (QED) is 0.546. The molecule has 4 rings (SSSR count). The molecule has 168 valence electrons. The van der Waals surface area contributed by atoms with Gasteiger partial charge in [0.2, 0.25) is 5.91 Å². The average Bonchev–Trinajstić information content (AvgIpc) is 3.24. The molecule has 2 unspecified atom stereocenters. The monoisotopic (exact) mass is 431 g/mol. The molecular formula is C27H33N3O2. The van der Waals surface area contributed by atoms with Crippen molar-refractivity contribution in [1.82, 2.24) is 10.5 Å². The summed E-state index contributed by atoms with van der Waals surface area (Å²) < 4.78 is 5.66. The van der Waals surface area contributed by atoms with E-state index in [1.165, 1.54) is 5.56 Å². The zero-order valence-electron chi connectivity index (χ0n) is 19.2. The summed E-state index contributed by atoms with van der Waals surface area (Å²) in [5.41, 5.74) is 4.26. The molecular weight excluding hydrogens is 398 g/mol. The summed E-state index contributed by atoms with van der Waals surface area (Å²) in [6, 6.07) is 20.2. The molecule has 0 spiro atoms. The van der Waals surface area contributed by atoms with Crippen molar-refractivity contribution in [3.05, 3.63) is 71.9 Å². The van der Waals surface area contributed by atoms with E-state index in [0.717, 1.165) is 48.6 Å². The first-order valence-electron chi connectivity index (χ1n) is 11.5. The largest absolute Gasteiger partial charge is 0.356 e. The number of anilines is 1. The molecule has 0 radical (unpaired) electrons. The van der Waals surface area contributed by atoms with Crippen molar-refractivity contribution in [2.75, 3.05) is 18.4 Å². The van der Waals surface area contributed by atoms with E-state index in [2.05, 4.69) is 60.8 Å². The third-order valence-electron chi connectivity index (χ3n) is 6.34. The van der Waals surface area contributed by atoms with Crippen LogP contribution < -0.4 is 10.6 Å². The van der Waals surface area contributed by atoms with Crippen LogP contribution >= 0.6 is 0 Å². The Morgan fingerprint density at radius 2 is 1.84 bits per heavy atom. The number of aromatic nitrogens is 1. The van der Waals surface area contributed by atoms with E-state index in [0.29, 0.717) is 18.3 Å². The van der Waals surface area contributed by atoms with E-state index < -0.39 is 0 Å². The number of para-hydroxylation sites is 1. The Kier molecular flexibility index (Phi) is 6.75. The number of hydrogen-bond donors (Lipinski definition) is 2. The van der Waals surface area contributed by atoms with Gasteiger partial charge in [-0.25, -0.2) is 0 Å². The Balaban J connectivity index is 1.39. The molecule has 0 bridgehead atoms.